The van der Waals surface area contributed by atoms with E-state index in [1.54, 1.807) is 12.1 Å². The van der Waals surface area contributed by atoms with Crippen LogP contribution < -0.4 is 5.43 Å². The second-order valence-electron chi connectivity index (χ2n) is 7.63. The van der Waals surface area contributed by atoms with Gasteiger partial charge in [0, 0.05) is 29.1 Å². The van der Waals surface area contributed by atoms with Crippen molar-refractivity contribution in [2.45, 2.75) is 13.0 Å². The fourth-order valence-electron chi connectivity index (χ4n) is 4.28. The molecule has 2 amide bonds. The third-order valence-electron chi connectivity index (χ3n) is 5.75. The summed E-state index contributed by atoms with van der Waals surface area (Å²) in [5.41, 5.74) is 7.87. The summed E-state index contributed by atoms with van der Waals surface area (Å²) in [5, 5.41) is 2.44. The second kappa shape index (κ2) is 6.88. The second-order valence-corrected chi connectivity index (χ2v) is 7.63. The predicted molar refractivity (Wildman–Crippen MR) is 116 cm³/mol. The van der Waals surface area contributed by atoms with Crippen molar-refractivity contribution in [2.75, 3.05) is 0 Å². The van der Waals surface area contributed by atoms with Gasteiger partial charge in [0.1, 0.15) is 11.7 Å². The summed E-state index contributed by atoms with van der Waals surface area (Å²) in [5.74, 6) is -0.524. The zero-order chi connectivity index (χ0) is 20.8. The maximum Gasteiger partial charge on any atom is 0.286 e. The molecular formula is C25H21N3O2. The van der Waals surface area contributed by atoms with Gasteiger partial charge in [-0.25, -0.2) is 5.01 Å². The number of nitrogens with one attached hydrogen (secondary N) is 1. The molecule has 5 rings (SSSR count). The number of hydrogen-bond donors (Lipinski definition) is 1. The fraction of sp³-hybridized carbons (Fsp3) is 0.120. The van der Waals surface area contributed by atoms with Gasteiger partial charge in [0.15, 0.2) is 0 Å². The number of carbonyl (C=O) groups is 2. The molecule has 0 aliphatic carbocycles. The molecule has 0 fully saturated rings. The lowest BCUT2D eigenvalue weighted by Gasteiger charge is -2.36. The number of aromatic nitrogens is 1. The van der Waals surface area contributed by atoms with Gasteiger partial charge in [0.05, 0.1) is 0 Å². The number of hydrazine groups is 1. The van der Waals surface area contributed by atoms with E-state index < -0.39 is 6.04 Å². The van der Waals surface area contributed by atoms with Crippen LogP contribution in [0.5, 0.6) is 0 Å². The lowest BCUT2D eigenvalue weighted by atomic mass is 9.92. The molecule has 5 nitrogen and oxygen atoms in total. The molecular weight excluding hydrogens is 374 g/mol. The quantitative estimate of drug-likeness (QED) is 0.548. The molecule has 1 atom stereocenters. The average Bonchev–Trinajstić information content (AvgIpc) is 3.08. The van der Waals surface area contributed by atoms with E-state index >= 15 is 0 Å². The smallest absolute Gasteiger partial charge is 0.286 e. The summed E-state index contributed by atoms with van der Waals surface area (Å²) in [7, 11) is 1.89. The molecule has 5 heteroatoms. The minimum absolute atomic E-state index is 0.242. The molecule has 2 heterocycles. The van der Waals surface area contributed by atoms with Gasteiger partial charge < -0.3 is 4.57 Å². The van der Waals surface area contributed by atoms with E-state index in [0.717, 1.165) is 27.6 Å². The monoisotopic (exact) mass is 395 g/mol. The zero-order valence-corrected chi connectivity index (χ0v) is 16.8. The number of carbonyl (C=O) groups excluding carboxylic acids is 2. The van der Waals surface area contributed by atoms with Gasteiger partial charge in [-0.1, -0.05) is 66.2 Å². The van der Waals surface area contributed by atoms with Gasteiger partial charge in [-0.15, -0.1) is 0 Å². The molecule has 0 spiro atoms. The van der Waals surface area contributed by atoms with Crippen LogP contribution in [0.2, 0.25) is 0 Å². The van der Waals surface area contributed by atoms with Crippen molar-refractivity contribution in [3.8, 4) is 0 Å². The molecule has 3 aromatic carbocycles. The van der Waals surface area contributed by atoms with Crippen molar-refractivity contribution in [1.82, 2.24) is 15.0 Å². The maximum atomic E-state index is 13.5. The molecule has 0 bridgehead atoms. The number of aryl methyl sites for hydroxylation is 2. The van der Waals surface area contributed by atoms with E-state index in [4.69, 9.17) is 0 Å². The molecule has 1 aromatic heterocycles. The Kier molecular flexibility index (Phi) is 4.17. The van der Waals surface area contributed by atoms with E-state index in [9.17, 15) is 9.59 Å². The third kappa shape index (κ3) is 2.70. The Hall–Kier alpha value is -3.86. The maximum absolute atomic E-state index is 13.5. The summed E-state index contributed by atoms with van der Waals surface area (Å²) in [6.45, 7) is 2.03. The Morgan fingerprint density at radius 1 is 0.900 bits per heavy atom. The molecule has 30 heavy (non-hydrogen) atoms. The first kappa shape index (κ1) is 18.2. The van der Waals surface area contributed by atoms with Crippen molar-refractivity contribution < 1.29 is 9.59 Å². The summed E-state index contributed by atoms with van der Waals surface area (Å²) < 4.78 is 1.91. The van der Waals surface area contributed by atoms with Crippen molar-refractivity contribution in [2.24, 2.45) is 7.05 Å². The lowest BCUT2D eigenvalue weighted by Crippen LogP contribution is -2.52. The number of amides is 2. The van der Waals surface area contributed by atoms with Crippen LogP contribution in [0.1, 0.15) is 43.6 Å². The molecule has 1 aliphatic rings. The van der Waals surface area contributed by atoms with E-state index in [-0.39, 0.29) is 11.8 Å². The highest BCUT2D eigenvalue weighted by atomic mass is 16.2. The van der Waals surface area contributed by atoms with Crippen LogP contribution in [-0.2, 0) is 7.05 Å². The van der Waals surface area contributed by atoms with Gasteiger partial charge >= 0.3 is 0 Å². The first-order valence-electron chi connectivity index (χ1n) is 9.89. The molecule has 1 unspecified atom stereocenters. The van der Waals surface area contributed by atoms with E-state index in [0.29, 0.717) is 11.3 Å². The Morgan fingerprint density at radius 2 is 1.57 bits per heavy atom. The molecule has 0 radical (unpaired) electrons. The van der Waals surface area contributed by atoms with Crippen LogP contribution in [0.3, 0.4) is 0 Å². The minimum Gasteiger partial charge on any atom is -0.339 e. The van der Waals surface area contributed by atoms with Crippen molar-refractivity contribution in [1.29, 1.82) is 0 Å². The topological polar surface area (TPSA) is 54.3 Å². The van der Waals surface area contributed by atoms with Crippen molar-refractivity contribution >= 4 is 22.7 Å². The normalized spacial score (nSPS) is 15.7. The highest BCUT2D eigenvalue weighted by Crippen LogP contribution is 2.40. The standard InChI is InChI=1S/C25H21N3O2/c1-16-12-14-17(15-13-16)22-21-19-10-6-7-11-20(19)27(2)23(21)24(29)26-28(22)25(30)18-8-4-3-5-9-18/h3-15,22H,1-2H3,(H,26,29). The van der Waals surface area contributed by atoms with Crippen LogP contribution in [0.25, 0.3) is 10.9 Å². The van der Waals surface area contributed by atoms with E-state index in [1.165, 1.54) is 5.01 Å². The summed E-state index contributed by atoms with van der Waals surface area (Å²) in [6.07, 6.45) is 0. The van der Waals surface area contributed by atoms with Crippen molar-refractivity contribution in [3.63, 3.8) is 0 Å². The van der Waals surface area contributed by atoms with Crippen LogP contribution in [0, 0.1) is 6.92 Å². The van der Waals surface area contributed by atoms with Gasteiger partial charge in [-0.2, -0.15) is 0 Å². The first-order chi connectivity index (χ1) is 14.6. The lowest BCUT2D eigenvalue weighted by molar-refractivity contribution is 0.0481. The van der Waals surface area contributed by atoms with Gasteiger partial charge in [-0.05, 0) is 30.7 Å². The summed E-state index contributed by atoms with van der Waals surface area (Å²) in [6, 6.07) is 24.6. The van der Waals surface area contributed by atoms with Crippen LogP contribution in [-0.4, -0.2) is 21.4 Å². The van der Waals surface area contributed by atoms with Crippen LogP contribution in [0.4, 0.5) is 0 Å². The SMILES string of the molecule is Cc1ccc(C2c3c(n(C)c4ccccc34)C(=O)NN2C(=O)c2ccccc2)cc1. The number of hydrogen-bond acceptors (Lipinski definition) is 2. The predicted octanol–water partition coefficient (Wildman–Crippen LogP) is 4.38. The number of nitrogens with zero attached hydrogens (tertiary/aromatic N) is 2. The third-order valence-corrected chi connectivity index (χ3v) is 5.75. The van der Waals surface area contributed by atoms with Crippen molar-refractivity contribution in [3.05, 3.63) is 107 Å². The van der Waals surface area contributed by atoms with Gasteiger partial charge in [0.2, 0.25) is 0 Å². The Morgan fingerprint density at radius 3 is 2.30 bits per heavy atom. The van der Waals surface area contributed by atoms with Crippen LogP contribution >= 0.6 is 0 Å². The Bertz CT molecular complexity index is 1270. The van der Waals surface area contributed by atoms with E-state index in [1.807, 2.05) is 85.3 Å². The number of rotatable bonds is 2. The van der Waals surface area contributed by atoms with Crippen LogP contribution in [0.15, 0.2) is 78.9 Å². The van der Waals surface area contributed by atoms with Gasteiger partial charge in [0.25, 0.3) is 11.8 Å². The molecule has 1 aliphatic heterocycles. The molecule has 0 saturated heterocycles. The molecule has 0 saturated carbocycles. The number of para-hydroxylation sites is 1. The van der Waals surface area contributed by atoms with Gasteiger partial charge in [-0.3, -0.25) is 15.0 Å². The largest absolute Gasteiger partial charge is 0.339 e. The number of fused-ring (bicyclic) bond motifs is 3. The highest BCUT2D eigenvalue weighted by molar-refractivity contribution is 6.06. The molecule has 4 aromatic rings. The Balaban J connectivity index is 1.77. The average molecular weight is 395 g/mol. The zero-order valence-electron chi connectivity index (χ0n) is 16.8. The molecule has 1 N–H and O–H groups in total. The highest BCUT2D eigenvalue weighted by Gasteiger charge is 2.40. The minimum atomic E-state index is -0.433. The fourth-order valence-corrected chi connectivity index (χ4v) is 4.28. The first-order valence-corrected chi connectivity index (χ1v) is 9.89. The summed E-state index contributed by atoms with van der Waals surface area (Å²) >= 11 is 0. The van der Waals surface area contributed by atoms with E-state index in [2.05, 4.69) is 5.43 Å². The number of benzene rings is 3. The summed E-state index contributed by atoms with van der Waals surface area (Å²) in [4.78, 5) is 26.6. The molecule has 148 valence electrons. The Labute approximate surface area is 174 Å².